The molecule has 0 radical (unpaired) electrons. The summed E-state index contributed by atoms with van der Waals surface area (Å²) in [5.41, 5.74) is 10.2. The van der Waals surface area contributed by atoms with Crippen molar-refractivity contribution in [3.8, 4) is 11.4 Å². The van der Waals surface area contributed by atoms with Gasteiger partial charge in [0.25, 0.3) is 5.91 Å². The molecule has 0 atom stereocenters. The average Bonchev–Trinajstić information content (AvgIpc) is 3.26. The van der Waals surface area contributed by atoms with Crippen LogP contribution in [0.5, 0.6) is 0 Å². The summed E-state index contributed by atoms with van der Waals surface area (Å²) in [4.78, 5) is 12.7. The first-order chi connectivity index (χ1) is 15.8. The highest BCUT2D eigenvalue weighted by Gasteiger charge is 2.13. The predicted octanol–water partition coefficient (Wildman–Crippen LogP) is 6.68. The number of hydrogen-bond donors (Lipinski definition) is 1. The number of halogens is 2. The Morgan fingerprint density at radius 3 is 2.15 bits per heavy atom. The summed E-state index contributed by atoms with van der Waals surface area (Å²) < 4.78 is 5.27. The molecular formula is C26H24BrClN4O. The van der Waals surface area contributed by atoms with Crippen molar-refractivity contribution in [2.45, 2.75) is 27.7 Å². The quantitative estimate of drug-likeness (QED) is 0.230. The number of nitrogens with zero attached hydrogens (tertiary/aromatic N) is 3. The summed E-state index contributed by atoms with van der Waals surface area (Å²) in [5, 5.41) is 4.55. The first-order valence-corrected chi connectivity index (χ1v) is 11.7. The molecule has 1 N–H and O–H groups in total. The number of hydrogen-bond acceptors (Lipinski definition) is 2. The molecule has 2 aromatic carbocycles. The van der Waals surface area contributed by atoms with Crippen LogP contribution < -0.4 is 5.43 Å². The Bertz CT molecular complexity index is 1350. The number of carbonyl (C=O) groups is 1. The van der Waals surface area contributed by atoms with Gasteiger partial charge in [0.05, 0.1) is 16.8 Å². The number of nitrogens with one attached hydrogen (secondary N) is 1. The lowest BCUT2D eigenvalue weighted by molar-refractivity contribution is 0.0955. The van der Waals surface area contributed by atoms with Crippen molar-refractivity contribution < 1.29 is 4.79 Å². The first kappa shape index (κ1) is 23.1. The van der Waals surface area contributed by atoms with Crippen LogP contribution in [-0.2, 0) is 0 Å². The second kappa shape index (κ2) is 9.41. The second-order valence-corrected chi connectivity index (χ2v) is 9.28. The standard InChI is InChI=1S/C26H24BrClN4O/c1-16-5-6-17(2)31(16)23-11-12-24(25(28)14-23)26(33)30-29-15-20-13-18(3)32(19(20)4)22-9-7-21(27)8-10-22/h5-15H,1-4H3,(H,30,33)/b29-15-. The van der Waals surface area contributed by atoms with Crippen LogP contribution in [0.3, 0.4) is 0 Å². The van der Waals surface area contributed by atoms with E-state index >= 15 is 0 Å². The van der Waals surface area contributed by atoms with E-state index in [1.807, 2.05) is 64.1 Å². The highest BCUT2D eigenvalue weighted by molar-refractivity contribution is 9.10. The van der Waals surface area contributed by atoms with Crippen LogP contribution in [0.1, 0.15) is 38.7 Å². The van der Waals surface area contributed by atoms with Crippen LogP contribution in [0.15, 0.2) is 70.2 Å². The van der Waals surface area contributed by atoms with Crippen molar-refractivity contribution >= 4 is 39.7 Å². The first-order valence-electron chi connectivity index (χ1n) is 10.5. The lowest BCUT2D eigenvalue weighted by Gasteiger charge is -2.11. The summed E-state index contributed by atoms with van der Waals surface area (Å²) in [6, 6.07) is 19.7. The minimum Gasteiger partial charge on any atom is -0.318 e. The SMILES string of the molecule is Cc1ccc(C)n1-c1ccc(C(=O)N/N=C\c2cc(C)n(-c3ccc(Br)cc3)c2C)c(Cl)c1. The molecule has 5 nitrogen and oxygen atoms in total. The molecule has 0 saturated heterocycles. The number of aryl methyl sites for hydroxylation is 3. The number of benzene rings is 2. The molecular weight excluding hydrogens is 500 g/mol. The fraction of sp³-hybridized carbons (Fsp3) is 0.154. The van der Waals surface area contributed by atoms with Crippen molar-refractivity contribution in [1.29, 1.82) is 0 Å². The number of carbonyl (C=O) groups excluding carboxylic acids is 1. The van der Waals surface area contributed by atoms with E-state index in [1.165, 1.54) is 0 Å². The molecule has 0 unspecified atom stereocenters. The molecule has 33 heavy (non-hydrogen) atoms. The third kappa shape index (κ3) is 4.68. The molecule has 7 heteroatoms. The largest absolute Gasteiger partial charge is 0.318 e. The van der Waals surface area contributed by atoms with Crippen LogP contribution in [-0.4, -0.2) is 21.3 Å². The maximum absolute atomic E-state index is 12.7. The topological polar surface area (TPSA) is 51.3 Å². The zero-order valence-electron chi connectivity index (χ0n) is 18.9. The molecule has 0 spiro atoms. The van der Waals surface area contributed by atoms with Gasteiger partial charge in [0.15, 0.2) is 0 Å². The van der Waals surface area contributed by atoms with Gasteiger partial charge in [-0.1, -0.05) is 27.5 Å². The minimum atomic E-state index is -0.356. The molecule has 1 amide bonds. The van der Waals surface area contributed by atoms with Crippen molar-refractivity contribution in [1.82, 2.24) is 14.6 Å². The van der Waals surface area contributed by atoms with Gasteiger partial charge < -0.3 is 9.13 Å². The summed E-state index contributed by atoms with van der Waals surface area (Å²) in [5.74, 6) is -0.356. The molecule has 0 aliphatic rings. The lowest BCUT2D eigenvalue weighted by Crippen LogP contribution is -2.18. The maximum atomic E-state index is 12.7. The van der Waals surface area contributed by atoms with Gasteiger partial charge in [0.1, 0.15) is 0 Å². The van der Waals surface area contributed by atoms with Crippen molar-refractivity contribution in [3.63, 3.8) is 0 Å². The number of amides is 1. The van der Waals surface area contributed by atoms with Crippen LogP contribution in [0.25, 0.3) is 11.4 Å². The Labute approximate surface area is 206 Å². The third-order valence-electron chi connectivity index (χ3n) is 5.65. The Kier molecular flexibility index (Phi) is 6.58. The fourth-order valence-corrected chi connectivity index (χ4v) is 4.55. The second-order valence-electron chi connectivity index (χ2n) is 7.95. The van der Waals surface area contributed by atoms with E-state index in [4.69, 9.17) is 11.6 Å². The van der Waals surface area contributed by atoms with Crippen LogP contribution in [0.2, 0.25) is 5.02 Å². The number of aromatic nitrogens is 2. The van der Waals surface area contributed by atoms with Gasteiger partial charge in [0.2, 0.25) is 0 Å². The van der Waals surface area contributed by atoms with E-state index in [9.17, 15) is 4.79 Å². The molecule has 0 aliphatic carbocycles. The van der Waals surface area contributed by atoms with Gasteiger partial charge in [-0.2, -0.15) is 5.10 Å². The Hall–Kier alpha value is -3.09. The van der Waals surface area contributed by atoms with Gasteiger partial charge in [0, 0.05) is 44.2 Å². The van der Waals surface area contributed by atoms with E-state index in [0.29, 0.717) is 10.6 Å². The molecule has 2 aromatic heterocycles. The molecule has 0 saturated carbocycles. The molecule has 0 fully saturated rings. The average molecular weight is 524 g/mol. The van der Waals surface area contributed by atoms with Crippen LogP contribution in [0.4, 0.5) is 0 Å². The summed E-state index contributed by atoms with van der Waals surface area (Å²) in [6.45, 7) is 8.13. The summed E-state index contributed by atoms with van der Waals surface area (Å²) >= 11 is 9.91. The van der Waals surface area contributed by atoms with E-state index in [-0.39, 0.29) is 5.91 Å². The van der Waals surface area contributed by atoms with Crippen molar-refractivity contribution in [3.05, 3.63) is 104 Å². The van der Waals surface area contributed by atoms with Gasteiger partial charge in [-0.3, -0.25) is 4.79 Å². The van der Waals surface area contributed by atoms with E-state index in [0.717, 1.165) is 44.2 Å². The van der Waals surface area contributed by atoms with Gasteiger partial charge in [-0.25, -0.2) is 5.43 Å². The third-order valence-corrected chi connectivity index (χ3v) is 6.49. The van der Waals surface area contributed by atoms with E-state index in [1.54, 1.807) is 18.3 Å². The number of rotatable bonds is 5. The number of hydrazone groups is 1. The van der Waals surface area contributed by atoms with E-state index in [2.05, 4.69) is 47.7 Å². The highest BCUT2D eigenvalue weighted by atomic mass is 79.9. The van der Waals surface area contributed by atoms with Crippen molar-refractivity contribution in [2.24, 2.45) is 5.10 Å². The Morgan fingerprint density at radius 1 is 0.879 bits per heavy atom. The zero-order valence-corrected chi connectivity index (χ0v) is 21.2. The Balaban J connectivity index is 1.51. The van der Waals surface area contributed by atoms with Crippen LogP contribution >= 0.6 is 27.5 Å². The molecule has 0 aliphatic heterocycles. The minimum absolute atomic E-state index is 0.356. The van der Waals surface area contributed by atoms with Crippen LogP contribution in [0, 0.1) is 27.7 Å². The normalized spacial score (nSPS) is 11.3. The van der Waals surface area contributed by atoms with Crippen molar-refractivity contribution in [2.75, 3.05) is 0 Å². The maximum Gasteiger partial charge on any atom is 0.272 e. The molecule has 0 bridgehead atoms. The van der Waals surface area contributed by atoms with Gasteiger partial charge >= 0.3 is 0 Å². The molecule has 4 rings (SSSR count). The zero-order chi connectivity index (χ0) is 23.7. The molecule has 168 valence electrons. The monoisotopic (exact) mass is 522 g/mol. The summed E-state index contributed by atoms with van der Waals surface area (Å²) in [7, 11) is 0. The van der Waals surface area contributed by atoms with Gasteiger partial charge in [-0.15, -0.1) is 0 Å². The summed E-state index contributed by atoms with van der Waals surface area (Å²) in [6.07, 6.45) is 1.66. The predicted molar refractivity (Wildman–Crippen MR) is 138 cm³/mol. The smallest absolute Gasteiger partial charge is 0.272 e. The molecule has 4 aromatic rings. The fourth-order valence-electron chi connectivity index (χ4n) is 4.03. The molecule has 2 heterocycles. The highest BCUT2D eigenvalue weighted by Crippen LogP contribution is 2.24. The van der Waals surface area contributed by atoms with E-state index < -0.39 is 0 Å². The van der Waals surface area contributed by atoms with Gasteiger partial charge in [-0.05, 0) is 88.4 Å². The lowest BCUT2D eigenvalue weighted by atomic mass is 10.2. The Morgan fingerprint density at radius 2 is 1.52 bits per heavy atom.